The molecule has 1 aromatic carbocycles. The molecule has 1 fully saturated rings. The predicted molar refractivity (Wildman–Crippen MR) is 116 cm³/mol. The van der Waals surface area contributed by atoms with Crippen molar-refractivity contribution in [2.45, 2.75) is 30.5 Å². The second-order valence-corrected chi connectivity index (χ2v) is 7.98. The fraction of sp³-hybridized carbons (Fsp3) is 0.350. The first-order valence-electron chi connectivity index (χ1n) is 9.88. The normalized spacial score (nSPS) is 16.5. The van der Waals surface area contributed by atoms with Gasteiger partial charge in [-0.1, -0.05) is 23.9 Å². The number of aromatic amines is 1. The third kappa shape index (κ3) is 4.41. The minimum absolute atomic E-state index is 0.00892. The Morgan fingerprint density at radius 1 is 1.32 bits per heavy atom. The summed E-state index contributed by atoms with van der Waals surface area (Å²) in [6.45, 7) is 0.624. The average molecular weight is 443 g/mol. The number of nitrogens with one attached hydrogen (secondary N) is 3. The second kappa shape index (κ2) is 9.21. The van der Waals surface area contributed by atoms with Gasteiger partial charge < -0.3 is 15.4 Å². The van der Waals surface area contributed by atoms with Gasteiger partial charge in [-0.3, -0.25) is 24.0 Å². The van der Waals surface area contributed by atoms with Gasteiger partial charge in [0, 0.05) is 6.54 Å². The Kier molecular flexibility index (Phi) is 6.21. The number of amides is 2. The van der Waals surface area contributed by atoms with Gasteiger partial charge in [-0.15, -0.1) is 0 Å². The maximum Gasteiger partial charge on any atom is 0.270 e. The van der Waals surface area contributed by atoms with Crippen LogP contribution >= 0.6 is 11.8 Å². The number of ether oxygens (including phenoxy) is 1. The van der Waals surface area contributed by atoms with E-state index in [1.807, 2.05) is 0 Å². The van der Waals surface area contributed by atoms with Gasteiger partial charge in [0.1, 0.15) is 17.2 Å². The third-order valence-corrected chi connectivity index (χ3v) is 5.92. The van der Waals surface area contributed by atoms with Crippen LogP contribution < -0.4 is 20.9 Å². The lowest BCUT2D eigenvalue weighted by Gasteiger charge is -2.16. The molecule has 1 unspecified atom stereocenters. The summed E-state index contributed by atoms with van der Waals surface area (Å²) in [5, 5.41) is 12.8. The van der Waals surface area contributed by atoms with E-state index in [1.54, 1.807) is 24.3 Å². The maximum atomic E-state index is 13.2. The van der Waals surface area contributed by atoms with E-state index in [0.717, 1.165) is 24.6 Å². The molecule has 0 radical (unpaired) electrons. The van der Waals surface area contributed by atoms with Crippen molar-refractivity contribution in [2.75, 3.05) is 19.4 Å². The van der Waals surface area contributed by atoms with Gasteiger partial charge >= 0.3 is 0 Å². The highest BCUT2D eigenvalue weighted by Gasteiger charge is 2.23. The number of rotatable bonds is 6. The molecule has 162 valence electrons. The van der Waals surface area contributed by atoms with E-state index in [-0.39, 0.29) is 23.1 Å². The number of fused-ring (bicyclic) bond motifs is 1. The van der Waals surface area contributed by atoms with Crippen LogP contribution in [0.1, 0.15) is 19.3 Å². The molecule has 3 aromatic rings. The monoisotopic (exact) mass is 442 g/mol. The van der Waals surface area contributed by atoms with E-state index in [1.165, 1.54) is 17.9 Å². The number of H-pyrrole nitrogens is 1. The van der Waals surface area contributed by atoms with Crippen LogP contribution in [0.2, 0.25) is 0 Å². The molecule has 10 nitrogen and oxygen atoms in total. The molecule has 0 saturated carbocycles. The molecule has 1 atom stereocenters. The Labute approximate surface area is 181 Å². The van der Waals surface area contributed by atoms with Crippen molar-refractivity contribution >= 4 is 34.6 Å². The van der Waals surface area contributed by atoms with Crippen LogP contribution in [0.25, 0.3) is 16.7 Å². The first-order valence-corrected chi connectivity index (χ1v) is 10.9. The van der Waals surface area contributed by atoms with Crippen LogP contribution in [0.4, 0.5) is 0 Å². The van der Waals surface area contributed by atoms with Gasteiger partial charge in [0.05, 0.1) is 24.7 Å². The molecule has 2 amide bonds. The fourth-order valence-corrected chi connectivity index (χ4v) is 4.25. The summed E-state index contributed by atoms with van der Waals surface area (Å²) >= 11 is 1.10. The molecule has 0 aliphatic carbocycles. The first kappa shape index (κ1) is 20.9. The van der Waals surface area contributed by atoms with E-state index in [2.05, 4.69) is 25.8 Å². The Balaban J connectivity index is 1.62. The standard InChI is InChI=1S/C20H22N6O4S/c1-30-15-8-3-2-7-14(15)26-19(29)12-10-22-25-17(12)24-20(26)31-11-16(27)23-13-6-4-5-9-21-18(13)28/h2-3,7-8,10,13H,4-6,9,11H2,1H3,(H,21,28)(H,22,25)(H,23,27). The molecular formula is C20H22N6O4S. The maximum absolute atomic E-state index is 13.2. The average Bonchev–Trinajstić information content (AvgIpc) is 3.16. The summed E-state index contributed by atoms with van der Waals surface area (Å²) in [6, 6.07) is 6.53. The number of nitrogens with zero attached hydrogens (tertiary/aromatic N) is 3. The molecule has 3 N–H and O–H groups in total. The molecule has 1 saturated heterocycles. The molecule has 0 bridgehead atoms. The zero-order chi connectivity index (χ0) is 21.8. The van der Waals surface area contributed by atoms with Crippen molar-refractivity contribution in [3.05, 3.63) is 40.8 Å². The lowest BCUT2D eigenvalue weighted by atomic mass is 10.1. The van der Waals surface area contributed by atoms with Gasteiger partial charge in [0.15, 0.2) is 10.8 Å². The summed E-state index contributed by atoms with van der Waals surface area (Å²) in [4.78, 5) is 42.3. The molecule has 1 aliphatic heterocycles. The molecule has 4 rings (SSSR count). The van der Waals surface area contributed by atoms with Crippen molar-refractivity contribution in [3.8, 4) is 11.4 Å². The SMILES string of the molecule is COc1ccccc1-n1c(SCC(=O)NC2CCCCNC2=O)nc2[nH]ncc2c1=O. The molecule has 31 heavy (non-hydrogen) atoms. The van der Waals surface area contributed by atoms with E-state index in [4.69, 9.17) is 4.74 Å². The number of benzene rings is 1. The number of thioether (sulfide) groups is 1. The number of hydrogen-bond acceptors (Lipinski definition) is 7. The van der Waals surface area contributed by atoms with E-state index in [9.17, 15) is 14.4 Å². The molecule has 2 aromatic heterocycles. The molecule has 0 spiro atoms. The summed E-state index contributed by atoms with van der Waals surface area (Å²) in [7, 11) is 1.52. The van der Waals surface area contributed by atoms with Crippen LogP contribution in [0.3, 0.4) is 0 Å². The molecule has 1 aliphatic rings. The smallest absolute Gasteiger partial charge is 0.270 e. The number of para-hydroxylation sites is 2. The molecule has 11 heteroatoms. The Morgan fingerprint density at radius 3 is 3.00 bits per heavy atom. The molecular weight excluding hydrogens is 420 g/mol. The quantitative estimate of drug-likeness (QED) is 0.383. The topological polar surface area (TPSA) is 131 Å². The number of methoxy groups -OCH3 is 1. The van der Waals surface area contributed by atoms with Gasteiger partial charge in [-0.2, -0.15) is 5.10 Å². The highest BCUT2D eigenvalue weighted by molar-refractivity contribution is 7.99. The van der Waals surface area contributed by atoms with Crippen LogP contribution in [0.5, 0.6) is 5.75 Å². The van der Waals surface area contributed by atoms with Crippen molar-refractivity contribution in [3.63, 3.8) is 0 Å². The van der Waals surface area contributed by atoms with E-state index >= 15 is 0 Å². The Morgan fingerprint density at radius 2 is 2.16 bits per heavy atom. The summed E-state index contributed by atoms with van der Waals surface area (Å²) in [5.41, 5.74) is 0.521. The van der Waals surface area contributed by atoms with Crippen molar-refractivity contribution in [1.29, 1.82) is 0 Å². The van der Waals surface area contributed by atoms with Crippen molar-refractivity contribution in [1.82, 2.24) is 30.4 Å². The lowest BCUT2D eigenvalue weighted by Crippen LogP contribution is -2.46. The molecule has 3 heterocycles. The summed E-state index contributed by atoms with van der Waals surface area (Å²) in [5.74, 6) is 0.0115. The van der Waals surface area contributed by atoms with Crippen molar-refractivity contribution in [2.24, 2.45) is 0 Å². The minimum Gasteiger partial charge on any atom is -0.495 e. The van der Waals surface area contributed by atoms with Crippen LogP contribution in [0.15, 0.2) is 40.4 Å². The first-order chi connectivity index (χ1) is 15.1. The van der Waals surface area contributed by atoms with Crippen LogP contribution in [-0.2, 0) is 9.59 Å². The lowest BCUT2D eigenvalue weighted by molar-refractivity contribution is -0.127. The largest absolute Gasteiger partial charge is 0.495 e. The van der Waals surface area contributed by atoms with E-state index < -0.39 is 6.04 Å². The number of hydrogen-bond donors (Lipinski definition) is 3. The fourth-order valence-electron chi connectivity index (χ4n) is 3.44. The van der Waals surface area contributed by atoms with Gasteiger partial charge in [0.2, 0.25) is 11.8 Å². The minimum atomic E-state index is -0.546. The summed E-state index contributed by atoms with van der Waals surface area (Å²) < 4.78 is 6.82. The number of carbonyl (C=O) groups is 2. The third-order valence-electron chi connectivity index (χ3n) is 4.98. The number of aromatic nitrogens is 4. The number of carbonyl (C=O) groups excluding carboxylic acids is 2. The predicted octanol–water partition coefficient (Wildman–Crippen LogP) is 0.994. The van der Waals surface area contributed by atoms with Gasteiger partial charge in [-0.25, -0.2) is 4.98 Å². The highest BCUT2D eigenvalue weighted by atomic mass is 32.2. The van der Waals surface area contributed by atoms with Crippen molar-refractivity contribution < 1.29 is 14.3 Å². The van der Waals surface area contributed by atoms with Crippen LogP contribution in [-0.4, -0.2) is 57.0 Å². The van der Waals surface area contributed by atoms with Gasteiger partial charge in [-0.05, 0) is 31.4 Å². The highest BCUT2D eigenvalue weighted by Crippen LogP contribution is 2.26. The Bertz CT molecular complexity index is 1170. The zero-order valence-electron chi connectivity index (χ0n) is 16.9. The van der Waals surface area contributed by atoms with E-state index in [0.29, 0.717) is 40.6 Å². The Hall–Kier alpha value is -3.34. The van der Waals surface area contributed by atoms with Gasteiger partial charge in [0.25, 0.3) is 5.56 Å². The summed E-state index contributed by atoms with van der Waals surface area (Å²) in [6.07, 6.45) is 3.78. The van der Waals surface area contributed by atoms with Crippen LogP contribution in [0, 0.1) is 0 Å². The zero-order valence-corrected chi connectivity index (χ0v) is 17.7. The second-order valence-electron chi connectivity index (χ2n) is 7.03.